The Kier molecular flexibility index (Phi) is 5.66. The van der Waals surface area contributed by atoms with Crippen LogP contribution in [0.3, 0.4) is 0 Å². The van der Waals surface area contributed by atoms with Crippen molar-refractivity contribution in [1.82, 2.24) is 10.3 Å². The quantitative estimate of drug-likeness (QED) is 0.446. The molecule has 4 rings (SSSR count). The normalized spacial score (nSPS) is 12.0. The fourth-order valence-electron chi connectivity index (χ4n) is 3.61. The van der Waals surface area contributed by atoms with Crippen LogP contribution < -0.4 is 10.1 Å². The van der Waals surface area contributed by atoms with Gasteiger partial charge in [-0.2, -0.15) is 0 Å². The van der Waals surface area contributed by atoms with Crippen LogP contribution in [0.5, 0.6) is 5.75 Å². The minimum atomic E-state index is -0.0709. The number of amides is 1. The highest BCUT2D eigenvalue weighted by atomic mass is 16.5. The van der Waals surface area contributed by atoms with Crippen LogP contribution in [0, 0.1) is 0 Å². The number of ether oxygens (including phenoxy) is 1. The smallest absolute Gasteiger partial charge is 0.221 e. The molecule has 0 aliphatic heterocycles. The van der Waals surface area contributed by atoms with Gasteiger partial charge in [-0.15, -0.1) is 0 Å². The molecule has 0 saturated heterocycles. The molecule has 4 aromatic rings. The van der Waals surface area contributed by atoms with E-state index in [1.165, 1.54) is 0 Å². The highest BCUT2D eigenvalue weighted by Gasteiger charge is 2.21. The zero-order valence-corrected chi connectivity index (χ0v) is 16.4. The van der Waals surface area contributed by atoms with Crippen LogP contribution in [-0.2, 0) is 11.3 Å². The molecule has 148 valence electrons. The Morgan fingerprint density at radius 2 is 1.93 bits per heavy atom. The van der Waals surface area contributed by atoms with Gasteiger partial charge in [0.15, 0.2) is 0 Å². The molecule has 1 atom stereocenters. The second-order valence-corrected chi connectivity index (χ2v) is 6.90. The minimum Gasteiger partial charge on any atom is -0.494 e. The topological polar surface area (TPSA) is 67.3 Å². The second kappa shape index (κ2) is 8.69. The van der Waals surface area contributed by atoms with Crippen molar-refractivity contribution in [3.63, 3.8) is 0 Å². The molecule has 0 spiro atoms. The van der Waals surface area contributed by atoms with E-state index < -0.39 is 0 Å². The summed E-state index contributed by atoms with van der Waals surface area (Å²) in [6.07, 6.45) is 3.96. The summed E-state index contributed by atoms with van der Waals surface area (Å²) in [7, 11) is 0. The summed E-state index contributed by atoms with van der Waals surface area (Å²) in [5.41, 5.74) is 3.25. The predicted molar refractivity (Wildman–Crippen MR) is 113 cm³/mol. The Balaban J connectivity index is 1.60. The van der Waals surface area contributed by atoms with Crippen LogP contribution in [0.2, 0.25) is 0 Å². The highest BCUT2D eigenvalue weighted by Crippen LogP contribution is 2.34. The lowest BCUT2D eigenvalue weighted by Crippen LogP contribution is -2.24. The number of carbonyl (C=O) groups excluding carboxylic acids is 1. The maximum Gasteiger partial charge on any atom is 0.221 e. The van der Waals surface area contributed by atoms with E-state index >= 15 is 0 Å². The summed E-state index contributed by atoms with van der Waals surface area (Å²) < 4.78 is 10.9. The van der Waals surface area contributed by atoms with E-state index in [0.29, 0.717) is 19.6 Å². The van der Waals surface area contributed by atoms with Crippen molar-refractivity contribution in [2.24, 2.45) is 0 Å². The number of aromatic nitrogens is 1. The fraction of sp³-hybridized carbons (Fsp3) is 0.208. The monoisotopic (exact) mass is 388 g/mol. The Bertz CT molecular complexity index is 1070. The number of benzene rings is 2. The molecule has 1 unspecified atom stereocenters. The van der Waals surface area contributed by atoms with E-state index in [2.05, 4.69) is 16.4 Å². The van der Waals surface area contributed by atoms with E-state index in [1.54, 1.807) is 6.26 Å². The largest absolute Gasteiger partial charge is 0.494 e. The summed E-state index contributed by atoms with van der Waals surface area (Å²) >= 11 is 0. The average Bonchev–Trinajstić information content (AvgIpc) is 3.41. The molecule has 5 nitrogen and oxygen atoms in total. The number of fused-ring (bicyclic) bond motifs is 1. The number of carbonyl (C=O) groups is 1. The molecule has 2 aromatic heterocycles. The van der Waals surface area contributed by atoms with Crippen LogP contribution in [0.15, 0.2) is 77.5 Å². The average molecular weight is 388 g/mol. The number of H-pyrrole nitrogens is 1. The minimum absolute atomic E-state index is 0.0226. The Labute approximate surface area is 169 Å². The van der Waals surface area contributed by atoms with Crippen molar-refractivity contribution < 1.29 is 13.9 Å². The number of aromatic amines is 1. The lowest BCUT2D eigenvalue weighted by atomic mass is 9.88. The van der Waals surface area contributed by atoms with Crippen molar-refractivity contribution in [3.8, 4) is 5.75 Å². The maximum absolute atomic E-state index is 12.7. The van der Waals surface area contributed by atoms with E-state index in [1.807, 2.05) is 67.7 Å². The summed E-state index contributed by atoms with van der Waals surface area (Å²) in [6.45, 7) is 2.97. The molecular formula is C24H24N2O3. The number of hydrogen-bond donors (Lipinski definition) is 2. The molecule has 2 heterocycles. The lowest BCUT2D eigenvalue weighted by molar-refractivity contribution is -0.121. The molecule has 0 radical (unpaired) electrons. The molecule has 2 N–H and O–H groups in total. The van der Waals surface area contributed by atoms with Crippen molar-refractivity contribution in [1.29, 1.82) is 0 Å². The first kappa shape index (κ1) is 18.9. The van der Waals surface area contributed by atoms with Crippen molar-refractivity contribution in [2.45, 2.75) is 25.8 Å². The number of furan rings is 1. The molecule has 29 heavy (non-hydrogen) atoms. The molecule has 0 bridgehead atoms. The van der Waals surface area contributed by atoms with Gasteiger partial charge in [0, 0.05) is 29.4 Å². The van der Waals surface area contributed by atoms with Gasteiger partial charge in [-0.05, 0) is 48.4 Å². The number of hydrogen-bond acceptors (Lipinski definition) is 3. The summed E-state index contributed by atoms with van der Waals surface area (Å²) in [5, 5.41) is 4.09. The number of para-hydroxylation sites is 1. The van der Waals surface area contributed by atoms with E-state index in [9.17, 15) is 4.79 Å². The molecule has 0 fully saturated rings. The van der Waals surface area contributed by atoms with Crippen molar-refractivity contribution in [3.05, 3.63) is 90.0 Å². The lowest BCUT2D eigenvalue weighted by Gasteiger charge is -2.18. The zero-order chi connectivity index (χ0) is 20.1. The maximum atomic E-state index is 12.7. The molecule has 5 heteroatoms. The van der Waals surface area contributed by atoms with Crippen LogP contribution in [0.1, 0.15) is 36.1 Å². The third-order valence-electron chi connectivity index (χ3n) is 5.02. The Morgan fingerprint density at radius 1 is 1.10 bits per heavy atom. The highest BCUT2D eigenvalue weighted by molar-refractivity contribution is 5.86. The van der Waals surface area contributed by atoms with Gasteiger partial charge in [0.05, 0.1) is 19.4 Å². The van der Waals surface area contributed by atoms with Crippen LogP contribution in [0.4, 0.5) is 0 Å². The molecular weight excluding hydrogens is 364 g/mol. The third-order valence-corrected chi connectivity index (χ3v) is 5.02. The fourth-order valence-corrected chi connectivity index (χ4v) is 3.61. The van der Waals surface area contributed by atoms with Crippen LogP contribution in [-0.4, -0.2) is 17.5 Å². The first-order valence-corrected chi connectivity index (χ1v) is 9.82. The molecule has 2 aromatic carbocycles. The van der Waals surface area contributed by atoms with Crippen molar-refractivity contribution in [2.75, 3.05) is 6.61 Å². The molecule has 0 aliphatic carbocycles. The Hall–Kier alpha value is -3.47. The van der Waals surface area contributed by atoms with Crippen molar-refractivity contribution >= 4 is 16.8 Å². The molecule has 0 saturated carbocycles. The van der Waals surface area contributed by atoms with Gasteiger partial charge in [0.25, 0.3) is 0 Å². The van der Waals surface area contributed by atoms with Gasteiger partial charge < -0.3 is 19.5 Å². The molecule has 0 aliphatic rings. The van der Waals surface area contributed by atoms with Gasteiger partial charge in [-0.3, -0.25) is 4.79 Å². The van der Waals surface area contributed by atoms with Gasteiger partial charge in [0.1, 0.15) is 11.5 Å². The van der Waals surface area contributed by atoms with Gasteiger partial charge in [0.2, 0.25) is 5.91 Å². The Morgan fingerprint density at radius 3 is 2.69 bits per heavy atom. The standard InChI is InChI=1S/C24H24N2O3/c1-2-28-18-11-9-17(10-12-18)21(14-24(27)26-15-19-6-5-13-29-19)22-16-25-23-8-4-3-7-20(22)23/h3-13,16,21,25H,2,14-15H2,1H3,(H,26,27). The van der Waals surface area contributed by atoms with Crippen LogP contribution in [0.25, 0.3) is 10.9 Å². The summed E-state index contributed by atoms with van der Waals surface area (Å²) in [5.74, 6) is 1.48. The second-order valence-electron chi connectivity index (χ2n) is 6.90. The van der Waals surface area contributed by atoms with E-state index in [0.717, 1.165) is 33.5 Å². The zero-order valence-electron chi connectivity index (χ0n) is 16.4. The number of rotatable bonds is 8. The summed E-state index contributed by atoms with van der Waals surface area (Å²) in [4.78, 5) is 16.1. The SMILES string of the molecule is CCOc1ccc(C(CC(=O)NCc2ccco2)c2c[nH]c3ccccc23)cc1. The van der Waals surface area contributed by atoms with Gasteiger partial charge in [-0.1, -0.05) is 30.3 Å². The first-order chi connectivity index (χ1) is 14.2. The molecule has 1 amide bonds. The first-order valence-electron chi connectivity index (χ1n) is 9.82. The van der Waals surface area contributed by atoms with Crippen LogP contribution >= 0.6 is 0 Å². The summed E-state index contributed by atoms with van der Waals surface area (Å²) in [6, 6.07) is 19.8. The van der Waals surface area contributed by atoms with E-state index in [4.69, 9.17) is 9.15 Å². The predicted octanol–water partition coefficient (Wildman–Crippen LogP) is 5.00. The van der Waals surface area contributed by atoms with Gasteiger partial charge >= 0.3 is 0 Å². The number of nitrogens with one attached hydrogen (secondary N) is 2. The van der Waals surface area contributed by atoms with Gasteiger partial charge in [-0.25, -0.2) is 0 Å². The van der Waals surface area contributed by atoms with E-state index in [-0.39, 0.29) is 11.8 Å². The third kappa shape index (κ3) is 4.35.